The summed E-state index contributed by atoms with van der Waals surface area (Å²) in [4.78, 5) is 14.9. The Bertz CT molecular complexity index is 478. The molecule has 20 heavy (non-hydrogen) atoms. The molecule has 1 aromatic heterocycles. The van der Waals surface area contributed by atoms with E-state index in [1.807, 2.05) is 13.8 Å². The summed E-state index contributed by atoms with van der Waals surface area (Å²) in [6, 6.07) is 1.58. The van der Waals surface area contributed by atoms with Gasteiger partial charge in [0.2, 0.25) is 0 Å². The second-order valence-corrected chi connectivity index (χ2v) is 6.16. The van der Waals surface area contributed by atoms with E-state index in [0.29, 0.717) is 18.1 Å². The number of H-pyrrole nitrogens is 1. The molecule has 2 aliphatic rings. The number of carbonyl (C=O) groups is 1. The fourth-order valence-electron chi connectivity index (χ4n) is 3.86. The highest BCUT2D eigenvalue weighted by atomic mass is 16.2. The van der Waals surface area contributed by atoms with Gasteiger partial charge in [-0.05, 0) is 46.5 Å². The van der Waals surface area contributed by atoms with Gasteiger partial charge in [-0.3, -0.25) is 9.89 Å². The first-order valence-electron chi connectivity index (χ1n) is 7.68. The van der Waals surface area contributed by atoms with Gasteiger partial charge in [-0.15, -0.1) is 0 Å². The highest BCUT2D eigenvalue weighted by Crippen LogP contribution is 2.30. The molecule has 0 spiro atoms. The van der Waals surface area contributed by atoms with Crippen molar-refractivity contribution in [2.24, 2.45) is 0 Å². The molecule has 2 bridgehead atoms. The first kappa shape index (κ1) is 13.6. The summed E-state index contributed by atoms with van der Waals surface area (Å²) in [5, 5.41) is 10.7. The zero-order chi connectivity index (χ0) is 14.3. The molecule has 2 saturated heterocycles. The predicted octanol–water partition coefficient (Wildman–Crippen LogP) is 1.77. The van der Waals surface area contributed by atoms with Crippen molar-refractivity contribution in [2.45, 2.75) is 64.6 Å². The summed E-state index contributed by atoms with van der Waals surface area (Å²) in [5.41, 5.74) is 2.45. The van der Waals surface area contributed by atoms with Gasteiger partial charge in [0.1, 0.15) is 0 Å². The normalized spacial score (nSPS) is 28.6. The molecular formula is C15H24N4O. The number of carbonyl (C=O) groups excluding carboxylic acids is 1. The number of fused-ring (bicyclic) bond motifs is 2. The van der Waals surface area contributed by atoms with Crippen molar-refractivity contribution in [3.63, 3.8) is 0 Å². The minimum Gasteiger partial charge on any atom is -0.336 e. The molecule has 2 atom stereocenters. The van der Waals surface area contributed by atoms with Gasteiger partial charge in [0.25, 0.3) is 5.91 Å². The van der Waals surface area contributed by atoms with Gasteiger partial charge in [-0.2, -0.15) is 5.10 Å². The van der Waals surface area contributed by atoms with E-state index in [9.17, 15) is 4.79 Å². The fourth-order valence-corrected chi connectivity index (χ4v) is 3.86. The number of aryl methyl sites for hydroxylation is 2. The van der Waals surface area contributed by atoms with Crippen LogP contribution in [0.1, 0.15) is 54.4 Å². The minimum absolute atomic E-state index is 0.141. The molecule has 3 rings (SSSR count). The Morgan fingerprint density at radius 2 is 1.95 bits per heavy atom. The summed E-state index contributed by atoms with van der Waals surface area (Å²) in [6.45, 7) is 6.67. The van der Waals surface area contributed by atoms with Crippen molar-refractivity contribution in [1.29, 1.82) is 0 Å². The average molecular weight is 276 g/mol. The predicted molar refractivity (Wildman–Crippen MR) is 77.7 cm³/mol. The summed E-state index contributed by atoms with van der Waals surface area (Å²) in [7, 11) is 0. The number of hydrogen-bond acceptors (Lipinski definition) is 3. The maximum Gasteiger partial charge on any atom is 0.257 e. The van der Waals surface area contributed by atoms with Gasteiger partial charge in [0, 0.05) is 30.4 Å². The van der Waals surface area contributed by atoms with Crippen LogP contribution < -0.4 is 5.32 Å². The van der Waals surface area contributed by atoms with Crippen LogP contribution in [-0.2, 0) is 0 Å². The van der Waals surface area contributed by atoms with Crippen molar-refractivity contribution in [2.75, 3.05) is 6.54 Å². The van der Waals surface area contributed by atoms with E-state index in [-0.39, 0.29) is 5.91 Å². The third-order valence-electron chi connectivity index (χ3n) is 4.83. The van der Waals surface area contributed by atoms with Crippen molar-refractivity contribution in [1.82, 2.24) is 20.4 Å². The molecule has 0 saturated carbocycles. The van der Waals surface area contributed by atoms with Gasteiger partial charge in [0.15, 0.2) is 0 Å². The molecule has 2 aliphatic heterocycles. The maximum absolute atomic E-state index is 12.9. The molecule has 2 N–H and O–H groups in total. The molecule has 0 aromatic carbocycles. The van der Waals surface area contributed by atoms with Crippen LogP contribution in [0.2, 0.25) is 0 Å². The minimum atomic E-state index is 0.141. The van der Waals surface area contributed by atoms with Crippen LogP contribution in [-0.4, -0.2) is 45.7 Å². The molecule has 2 unspecified atom stereocenters. The van der Waals surface area contributed by atoms with Crippen LogP contribution in [0, 0.1) is 13.8 Å². The Labute approximate surface area is 120 Å². The Morgan fingerprint density at radius 3 is 2.45 bits per heavy atom. The van der Waals surface area contributed by atoms with E-state index in [2.05, 4.69) is 27.3 Å². The number of nitrogens with zero attached hydrogens (tertiary/aromatic N) is 2. The molecule has 0 radical (unpaired) electrons. The van der Waals surface area contributed by atoms with Crippen LogP contribution in [0.4, 0.5) is 0 Å². The van der Waals surface area contributed by atoms with Crippen molar-refractivity contribution < 1.29 is 4.79 Å². The topological polar surface area (TPSA) is 61.0 Å². The fraction of sp³-hybridized carbons (Fsp3) is 0.733. The lowest BCUT2D eigenvalue weighted by Gasteiger charge is -2.37. The molecule has 110 valence electrons. The van der Waals surface area contributed by atoms with E-state index < -0.39 is 0 Å². The molecule has 5 heteroatoms. The third kappa shape index (κ3) is 2.24. The Morgan fingerprint density at radius 1 is 1.30 bits per heavy atom. The molecule has 2 fully saturated rings. The molecule has 5 nitrogen and oxygen atoms in total. The van der Waals surface area contributed by atoms with Crippen molar-refractivity contribution in [3.05, 3.63) is 17.0 Å². The lowest BCUT2D eigenvalue weighted by molar-refractivity contribution is 0.0629. The number of amides is 1. The number of aromatic amines is 1. The first-order valence-corrected chi connectivity index (χ1v) is 7.68. The second-order valence-electron chi connectivity index (χ2n) is 6.16. The lowest BCUT2D eigenvalue weighted by atomic mass is 9.97. The van der Waals surface area contributed by atoms with E-state index >= 15 is 0 Å². The van der Waals surface area contributed by atoms with Crippen molar-refractivity contribution >= 4 is 5.91 Å². The van der Waals surface area contributed by atoms with E-state index in [4.69, 9.17) is 0 Å². The van der Waals surface area contributed by atoms with Gasteiger partial charge < -0.3 is 10.2 Å². The molecular weight excluding hydrogens is 252 g/mol. The Kier molecular flexibility index (Phi) is 3.54. The monoisotopic (exact) mass is 276 g/mol. The Balaban J connectivity index is 1.81. The summed E-state index contributed by atoms with van der Waals surface area (Å²) < 4.78 is 0. The van der Waals surface area contributed by atoms with Gasteiger partial charge in [-0.25, -0.2) is 0 Å². The molecule has 1 aromatic rings. The van der Waals surface area contributed by atoms with Crippen LogP contribution in [0.5, 0.6) is 0 Å². The SMILES string of the molecule is CCN(C(=O)c1c(C)n[nH]c1C)C1CC2CCC(C1)N2. The van der Waals surface area contributed by atoms with Gasteiger partial charge in [0.05, 0.1) is 11.3 Å². The smallest absolute Gasteiger partial charge is 0.257 e. The van der Waals surface area contributed by atoms with E-state index in [0.717, 1.165) is 36.3 Å². The average Bonchev–Trinajstić information content (AvgIpc) is 2.93. The maximum atomic E-state index is 12.9. The summed E-state index contributed by atoms with van der Waals surface area (Å²) in [5.74, 6) is 0.141. The highest BCUT2D eigenvalue weighted by Gasteiger charge is 2.37. The van der Waals surface area contributed by atoms with Gasteiger partial charge in [-0.1, -0.05) is 0 Å². The number of rotatable bonds is 3. The molecule has 0 aliphatic carbocycles. The summed E-state index contributed by atoms with van der Waals surface area (Å²) in [6.07, 6.45) is 4.70. The number of aromatic nitrogens is 2. The summed E-state index contributed by atoms with van der Waals surface area (Å²) >= 11 is 0. The Hall–Kier alpha value is -1.36. The molecule has 3 heterocycles. The standard InChI is InChI=1S/C15H24N4O/c1-4-19(13-7-11-5-6-12(8-13)16-11)15(20)14-9(2)17-18-10(14)3/h11-13,16H,4-8H2,1-3H3,(H,17,18). The second kappa shape index (κ2) is 5.20. The lowest BCUT2D eigenvalue weighted by Crippen LogP contribution is -2.50. The van der Waals surface area contributed by atoms with Crippen LogP contribution in [0.3, 0.4) is 0 Å². The van der Waals surface area contributed by atoms with E-state index in [1.165, 1.54) is 12.8 Å². The zero-order valence-electron chi connectivity index (χ0n) is 12.6. The van der Waals surface area contributed by atoms with Gasteiger partial charge >= 0.3 is 0 Å². The first-order chi connectivity index (χ1) is 9.60. The van der Waals surface area contributed by atoms with E-state index in [1.54, 1.807) is 0 Å². The van der Waals surface area contributed by atoms with Crippen LogP contribution in [0.25, 0.3) is 0 Å². The largest absolute Gasteiger partial charge is 0.336 e. The molecule has 1 amide bonds. The number of nitrogens with one attached hydrogen (secondary N) is 2. The zero-order valence-corrected chi connectivity index (χ0v) is 12.6. The van der Waals surface area contributed by atoms with Crippen LogP contribution in [0.15, 0.2) is 0 Å². The van der Waals surface area contributed by atoms with Crippen LogP contribution >= 0.6 is 0 Å². The highest BCUT2D eigenvalue weighted by molar-refractivity contribution is 5.96. The quantitative estimate of drug-likeness (QED) is 0.884. The number of piperidine rings is 1. The van der Waals surface area contributed by atoms with Crippen molar-refractivity contribution in [3.8, 4) is 0 Å². The number of hydrogen-bond donors (Lipinski definition) is 2. The third-order valence-corrected chi connectivity index (χ3v) is 4.83.